The van der Waals surface area contributed by atoms with Gasteiger partial charge in [-0.15, -0.1) is 0 Å². The Morgan fingerprint density at radius 3 is 2.66 bits per heavy atom. The lowest BCUT2D eigenvalue weighted by molar-refractivity contribution is 0.0969. The number of allylic oxidation sites excluding steroid dienone is 2. The number of Topliss-reactive ketones (excluding diaryl/α,β-unsaturated/α-hetero) is 1. The van der Waals surface area contributed by atoms with Crippen LogP contribution in [0.4, 0.5) is 16.4 Å². The van der Waals surface area contributed by atoms with E-state index in [1.54, 1.807) is 28.8 Å². The number of anilines is 2. The van der Waals surface area contributed by atoms with Crippen LogP contribution in [0.25, 0.3) is 11.2 Å². The summed E-state index contributed by atoms with van der Waals surface area (Å²) >= 11 is 0. The van der Waals surface area contributed by atoms with E-state index >= 15 is 0 Å². The first-order valence-electron chi connectivity index (χ1n) is 12.6. The van der Waals surface area contributed by atoms with E-state index in [2.05, 4.69) is 5.32 Å². The van der Waals surface area contributed by atoms with Gasteiger partial charge in [0.25, 0.3) is 5.56 Å². The lowest BCUT2D eigenvalue weighted by Crippen LogP contribution is -2.44. The summed E-state index contributed by atoms with van der Waals surface area (Å²) in [5.41, 5.74) is 6.04. The Morgan fingerprint density at radius 2 is 1.97 bits per heavy atom. The average molecular weight is 523 g/mol. The molecular weight excluding hydrogens is 488 g/mol. The second-order valence-corrected chi connectivity index (χ2v) is 9.40. The van der Waals surface area contributed by atoms with Crippen molar-refractivity contribution in [1.82, 2.24) is 24.0 Å². The van der Waals surface area contributed by atoms with Crippen molar-refractivity contribution in [3.63, 3.8) is 0 Å². The lowest BCUT2D eigenvalue weighted by atomic mass is 10.1. The molecule has 1 aliphatic heterocycles. The summed E-state index contributed by atoms with van der Waals surface area (Å²) in [4.78, 5) is 60.8. The van der Waals surface area contributed by atoms with Crippen molar-refractivity contribution < 1.29 is 9.59 Å². The van der Waals surface area contributed by atoms with Gasteiger partial charge in [-0.25, -0.2) is 9.59 Å². The van der Waals surface area contributed by atoms with Crippen molar-refractivity contribution in [1.29, 1.82) is 0 Å². The van der Waals surface area contributed by atoms with Gasteiger partial charge >= 0.3 is 11.7 Å². The number of aryl methyl sites for hydroxylation is 1. The second kappa shape index (κ2) is 11.1. The van der Waals surface area contributed by atoms with E-state index in [1.165, 1.54) is 30.6 Å². The zero-order chi connectivity index (χ0) is 27.6. The molecule has 1 atom stereocenters. The molecule has 2 aromatic heterocycles. The molecule has 1 saturated heterocycles. The van der Waals surface area contributed by atoms with E-state index in [0.717, 1.165) is 24.0 Å². The van der Waals surface area contributed by atoms with E-state index in [9.17, 15) is 19.2 Å². The van der Waals surface area contributed by atoms with Crippen LogP contribution in [0.5, 0.6) is 0 Å². The highest BCUT2D eigenvalue weighted by atomic mass is 16.2. The Balaban J connectivity index is 1.84. The predicted molar refractivity (Wildman–Crippen MR) is 147 cm³/mol. The summed E-state index contributed by atoms with van der Waals surface area (Å²) in [7, 11) is 4.57. The van der Waals surface area contributed by atoms with Gasteiger partial charge in [-0.05, 0) is 31.9 Å². The Morgan fingerprint density at radius 1 is 1.24 bits per heavy atom. The molecule has 1 aromatic carbocycles. The first-order valence-corrected chi connectivity index (χ1v) is 12.6. The minimum atomic E-state index is -0.648. The number of urea groups is 1. The van der Waals surface area contributed by atoms with Crippen LogP contribution in [-0.4, -0.2) is 63.7 Å². The molecule has 12 heteroatoms. The standard InChI is InChI=1S/C26H34N8O4/c1-5-6-14-33-21-22(29-24(33)32-13-9-10-17(27)15-32)31(4)26(38)34(23(21)36)16-20(35)18-11-7-8-12-19(18)30(3)25(37)28-2/h5-8,11-12,17H,9-10,13-16,27H2,1-4H3,(H,28,37)/b6-5+/t17-/m1/s1. The number of amides is 2. The molecular formula is C26H34N8O4. The molecule has 3 N–H and O–H groups in total. The maximum Gasteiger partial charge on any atom is 0.332 e. The van der Waals surface area contributed by atoms with E-state index in [1.807, 2.05) is 24.0 Å². The van der Waals surface area contributed by atoms with Crippen LogP contribution in [0.3, 0.4) is 0 Å². The SMILES string of the molecule is C/C=C/Cn1c(N2CCC[C@@H](N)C2)nc2c1c(=O)n(CC(=O)c1ccccc1N(C)C(=O)NC)c(=O)n2C. The van der Waals surface area contributed by atoms with E-state index in [0.29, 0.717) is 24.7 Å². The molecule has 0 radical (unpaired) electrons. The second-order valence-electron chi connectivity index (χ2n) is 9.40. The van der Waals surface area contributed by atoms with Crippen LogP contribution in [0.2, 0.25) is 0 Å². The van der Waals surface area contributed by atoms with E-state index in [-0.39, 0.29) is 22.8 Å². The minimum Gasteiger partial charge on any atom is -0.341 e. The molecule has 202 valence electrons. The molecule has 2 amide bonds. The monoisotopic (exact) mass is 522 g/mol. The van der Waals surface area contributed by atoms with Crippen molar-refractivity contribution in [3.8, 4) is 0 Å². The number of carbonyl (C=O) groups is 2. The number of fused-ring (bicyclic) bond motifs is 1. The molecule has 1 fully saturated rings. The van der Waals surface area contributed by atoms with Gasteiger partial charge in [-0.2, -0.15) is 4.98 Å². The van der Waals surface area contributed by atoms with E-state index < -0.39 is 29.6 Å². The summed E-state index contributed by atoms with van der Waals surface area (Å²) in [5.74, 6) is 0.0959. The number of rotatable bonds is 7. The third-order valence-corrected chi connectivity index (χ3v) is 6.86. The fourth-order valence-electron chi connectivity index (χ4n) is 4.82. The molecule has 3 aromatic rings. The Bertz CT molecular complexity index is 1520. The number of nitrogens with one attached hydrogen (secondary N) is 1. The number of nitrogens with zero attached hydrogens (tertiary/aromatic N) is 6. The number of carbonyl (C=O) groups excluding carboxylic acids is 2. The molecule has 0 aliphatic carbocycles. The molecule has 38 heavy (non-hydrogen) atoms. The van der Waals surface area contributed by atoms with Crippen LogP contribution in [-0.2, 0) is 20.1 Å². The van der Waals surface area contributed by atoms with Gasteiger partial charge in [0.1, 0.15) is 0 Å². The van der Waals surface area contributed by atoms with Gasteiger partial charge in [0.05, 0.1) is 12.2 Å². The molecule has 3 heterocycles. The summed E-state index contributed by atoms with van der Waals surface area (Å²) in [6.07, 6.45) is 5.59. The zero-order valence-corrected chi connectivity index (χ0v) is 22.2. The normalized spacial score (nSPS) is 15.8. The van der Waals surface area contributed by atoms with Gasteiger partial charge in [0.2, 0.25) is 5.95 Å². The fourth-order valence-corrected chi connectivity index (χ4v) is 4.82. The molecule has 4 rings (SSSR count). The number of para-hydroxylation sites is 1. The first kappa shape index (κ1) is 26.9. The number of nitrogens with two attached hydrogens (primary N) is 1. The van der Waals surface area contributed by atoms with Gasteiger partial charge in [-0.3, -0.25) is 23.6 Å². The predicted octanol–water partition coefficient (Wildman–Crippen LogP) is 1.06. The molecule has 0 bridgehead atoms. The summed E-state index contributed by atoms with van der Waals surface area (Å²) in [6, 6.07) is 6.16. The highest BCUT2D eigenvalue weighted by molar-refractivity contribution is 6.05. The Kier molecular flexibility index (Phi) is 7.81. The van der Waals surface area contributed by atoms with Crippen molar-refractivity contribution in [2.75, 3.05) is 37.0 Å². The van der Waals surface area contributed by atoms with Gasteiger partial charge in [-0.1, -0.05) is 24.3 Å². The van der Waals surface area contributed by atoms with Gasteiger partial charge in [0.15, 0.2) is 16.9 Å². The van der Waals surface area contributed by atoms with Crippen LogP contribution in [0.1, 0.15) is 30.1 Å². The number of aromatic nitrogens is 4. The topological polar surface area (TPSA) is 140 Å². The summed E-state index contributed by atoms with van der Waals surface area (Å²) < 4.78 is 4.01. The maximum atomic E-state index is 13.8. The highest BCUT2D eigenvalue weighted by Gasteiger charge is 2.27. The largest absolute Gasteiger partial charge is 0.341 e. The Labute approximate surface area is 220 Å². The third kappa shape index (κ3) is 4.86. The van der Waals surface area contributed by atoms with Crippen LogP contribution >= 0.6 is 0 Å². The molecule has 0 saturated carbocycles. The lowest BCUT2D eigenvalue weighted by Gasteiger charge is -2.31. The fraction of sp³-hybridized carbons (Fsp3) is 0.423. The quantitative estimate of drug-likeness (QED) is 0.349. The van der Waals surface area contributed by atoms with Gasteiger partial charge in [0, 0.05) is 52.4 Å². The summed E-state index contributed by atoms with van der Waals surface area (Å²) in [5, 5.41) is 2.52. The first-order chi connectivity index (χ1) is 18.2. The van der Waals surface area contributed by atoms with Crippen LogP contribution in [0.15, 0.2) is 46.0 Å². The van der Waals surface area contributed by atoms with Crippen molar-refractivity contribution in [2.24, 2.45) is 12.8 Å². The number of ketones is 1. The zero-order valence-electron chi connectivity index (χ0n) is 22.2. The molecule has 0 spiro atoms. The molecule has 12 nitrogen and oxygen atoms in total. The highest BCUT2D eigenvalue weighted by Crippen LogP contribution is 2.24. The number of hydrogen-bond donors (Lipinski definition) is 2. The van der Waals surface area contributed by atoms with Crippen LogP contribution in [0, 0.1) is 0 Å². The van der Waals surface area contributed by atoms with Crippen molar-refractivity contribution in [3.05, 3.63) is 62.8 Å². The molecule has 0 unspecified atom stereocenters. The summed E-state index contributed by atoms with van der Waals surface area (Å²) in [6.45, 7) is 3.10. The third-order valence-electron chi connectivity index (χ3n) is 6.86. The number of hydrogen-bond acceptors (Lipinski definition) is 7. The molecule has 1 aliphatic rings. The van der Waals surface area contributed by atoms with Gasteiger partial charge < -0.3 is 20.5 Å². The maximum absolute atomic E-state index is 13.8. The van der Waals surface area contributed by atoms with Crippen LogP contribution < -0.4 is 32.1 Å². The minimum absolute atomic E-state index is 0.00943. The number of benzene rings is 1. The average Bonchev–Trinajstić information content (AvgIpc) is 3.31. The Hall–Kier alpha value is -4.19. The number of piperidine rings is 1. The van der Waals surface area contributed by atoms with E-state index in [4.69, 9.17) is 10.7 Å². The smallest absolute Gasteiger partial charge is 0.332 e. The van der Waals surface area contributed by atoms with Crippen molar-refractivity contribution >= 4 is 34.6 Å². The number of imidazole rings is 1. The van der Waals surface area contributed by atoms with Crippen molar-refractivity contribution in [2.45, 2.75) is 38.9 Å².